The van der Waals surface area contributed by atoms with Crippen molar-refractivity contribution < 1.29 is 18.3 Å². The molecule has 25 heavy (non-hydrogen) atoms. The van der Waals surface area contributed by atoms with Crippen molar-refractivity contribution in [3.05, 3.63) is 54.4 Å². The van der Waals surface area contributed by atoms with Gasteiger partial charge in [-0.1, -0.05) is 6.07 Å². The average molecular weight is 363 g/mol. The van der Waals surface area contributed by atoms with Gasteiger partial charge in [0.25, 0.3) is 0 Å². The van der Waals surface area contributed by atoms with E-state index in [1.54, 1.807) is 29.4 Å². The minimum absolute atomic E-state index is 0.0241. The number of carbonyl (C=O) groups is 1. The Morgan fingerprint density at radius 3 is 2.60 bits per heavy atom. The molecule has 1 heterocycles. The largest absolute Gasteiger partial charge is 0.396 e. The Kier molecular flexibility index (Phi) is 6.49. The van der Waals surface area contributed by atoms with Gasteiger partial charge in [-0.2, -0.15) is 0 Å². The van der Waals surface area contributed by atoms with E-state index >= 15 is 0 Å². The summed E-state index contributed by atoms with van der Waals surface area (Å²) in [5.74, 6) is 0. The highest BCUT2D eigenvalue weighted by atomic mass is 32.2. The topological polar surface area (TPSA) is 99.6 Å². The maximum Gasteiger partial charge on any atom is 0.322 e. The molecule has 0 bridgehead atoms. The molecule has 1 aromatic heterocycles. The van der Waals surface area contributed by atoms with Crippen molar-refractivity contribution in [1.82, 2.24) is 9.88 Å². The molecule has 8 heteroatoms. The van der Waals surface area contributed by atoms with Crippen LogP contribution in [0.2, 0.25) is 0 Å². The number of aliphatic hydroxyl groups excluding tert-OH is 1. The third-order valence-electron chi connectivity index (χ3n) is 3.51. The van der Waals surface area contributed by atoms with Crippen LogP contribution in [0.5, 0.6) is 0 Å². The van der Waals surface area contributed by atoms with Crippen molar-refractivity contribution in [2.45, 2.75) is 17.9 Å². The minimum Gasteiger partial charge on any atom is -0.396 e. The molecule has 2 N–H and O–H groups in total. The second-order valence-electron chi connectivity index (χ2n) is 5.58. The zero-order valence-electron chi connectivity index (χ0n) is 13.9. The van der Waals surface area contributed by atoms with E-state index < -0.39 is 9.84 Å². The van der Waals surface area contributed by atoms with E-state index in [1.165, 1.54) is 12.1 Å². The SMILES string of the molecule is CS(=O)(=O)c1cccc(NC(=O)N(CCCO)Cc2ccncc2)c1. The third kappa shape index (κ3) is 5.84. The smallest absolute Gasteiger partial charge is 0.322 e. The molecule has 0 aliphatic carbocycles. The Morgan fingerprint density at radius 2 is 1.96 bits per heavy atom. The number of rotatable bonds is 7. The molecule has 0 fully saturated rings. The fourth-order valence-corrected chi connectivity index (χ4v) is 2.90. The van der Waals surface area contributed by atoms with Crippen LogP contribution in [0.4, 0.5) is 10.5 Å². The lowest BCUT2D eigenvalue weighted by atomic mass is 10.2. The Hall–Kier alpha value is -2.45. The molecule has 0 spiro atoms. The normalized spacial score (nSPS) is 11.1. The number of urea groups is 1. The summed E-state index contributed by atoms with van der Waals surface area (Å²) in [4.78, 5) is 18.2. The maximum absolute atomic E-state index is 12.6. The van der Waals surface area contributed by atoms with Gasteiger partial charge in [0.1, 0.15) is 0 Å². The average Bonchev–Trinajstić information content (AvgIpc) is 2.59. The van der Waals surface area contributed by atoms with Crippen LogP contribution in [0.1, 0.15) is 12.0 Å². The number of sulfone groups is 1. The van der Waals surface area contributed by atoms with E-state index in [-0.39, 0.29) is 17.5 Å². The monoisotopic (exact) mass is 363 g/mol. The number of amides is 2. The lowest BCUT2D eigenvalue weighted by Crippen LogP contribution is -2.35. The van der Waals surface area contributed by atoms with Crippen LogP contribution in [0, 0.1) is 0 Å². The first kappa shape index (κ1) is 18.9. The van der Waals surface area contributed by atoms with Crippen molar-refractivity contribution in [3.63, 3.8) is 0 Å². The molecular weight excluding hydrogens is 342 g/mol. The van der Waals surface area contributed by atoms with Gasteiger partial charge in [0.05, 0.1) is 4.90 Å². The van der Waals surface area contributed by atoms with Crippen molar-refractivity contribution in [2.24, 2.45) is 0 Å². The lowest BCUT2D eigenvalue weighted by molar-refractivity contribution is 0.199. The summed E-state index contributed by atoms with van der Waals surface area (Å²) < 4.78 is 23.3. The van der Waals surface area contributed by atoms with E-state index in [4.69, 9.17) is 5.11 Å². The molecule has 0 radical (unpaired) electrons. The van der Waals surface area contributed by atoms with Crippen LogP contribution in [0.3, 0.4) is 0 Å². The molecule has 0 unspecified atom stereocenters. The molecule has 0 aliphatic rings. The standard InChI is InChI=1S/C17H21N3O4S/c1-25(23,24)16-5-2-4-15(12-16)19-17(22)20(10-3-11-21)13-14-6-8-18-9-7-14/h2,4-9,12,21H,3,10-11,13H2,1H3,(H,19,22). The van der Waals surface area contributed by atoms with Crippen molar-refractivity contribution in [2.75, 3.05) is 24.7 Å². The van der Waals surface area contributed by atoms with Crippen LogP contribution in [-0.4, -0.2) is 48.8 Å². The molecule has 0 atom stereocenters. The van der Waals surface area contributed by atoms with Crippen LogP contribution in [-0.2, 0) is 16.4 Å². The predicted molar refractivity (Wildman–Crippen MR) is 94.9 cm³/mol. The number of hydrogen-bond donors (Lipinski definition) is 2. The van der Waals surface area contributed by atoms with E-state index in [1.807, 2.05) is 12.1 Å². The molecule has 1 aromatic carbocycles. The second kappa shape index (κ2) is 8.59. The second-order valence-corrected chi connectivity index (χ2v) is 7.60. The number of anilines is 1. The van der Waals surface area contributed by atoms with Gasteiger partial charge in [0.2, 0.25) is 0 Å². The summed E-state index contributed by atoms with van der Waals surface area (Å²) in [6.07, 6.45) is 4.85. The molecule has 2 amide bonds. The number of nitrogens with one attached hydrogen (secondary N) is 1. The van der Waals surface area contributed by atoms with Gasteiger partial charge < -0.3 is 15.3 Å². The molecular formula is C17H21N3O4S. The summed E-state index contributed by atoms with van der Waals surface area (Å²) in [6, 6.07) is 9.36. The first-order valence-corrected chi connectivity index (χ1v) is 9.65. The zero-order valence-corrected chi connectivity index (χ0v) is 14.7. The van der Waals surface area contributed by atoms with Crippen LogP contribution >= 0.6 is 0 Å². The Bertz CT molecular complexity index is 810. The lowest BCUT2D eigenvalue weighted by Gasteiger charge is -2.23. The highest BCUT2D eigenvalue weighted by Crippen LogP contribution is 2.16. The van der Waals surface area contributed by atoms with Crippen LogP contribution in [0.15, 0.2) is 53.7 Å². The van der Waals surface area contributed by atoms with E-state index in [0.29, 0.717) is 25.2 Å². The first-order chi connectivity index (χ1) is 11.9. The quantitative estimate of drug-likeness (QED) is 0.783. The van der Waals surface area contributed by atoms with Gasteiger partial charge >= 0.3 is 6.03 Å². The number of carbonyl (C=O) groups excluding carboxylic acids is 1. The van der Waals surface area contributed by atoms with Gasteiger partial charge in [0, 0.05) is 44.0 Å². The summed E-state index contributed by atoms with van der Waals surface area (Å²) in [7, 11) is -3.35. The molecule has 0 saturated heterocycles. The zero-order chi connectivity index (χ0) is 18.3. The minimum atomic E-state index is -3.35. The fraction of sp³-hybridized carbons (Fsp3) is 0.294. The van der Waals surface area contributed by atoms with Gasteiger partial charge in [-0.25, -0.2) is 13.2 Å². The maximum atomic E-state index is 12.6. The first-order valence-electron chi connectivity index (χ1n) is 7.76. The molecule has 7 nitrogen and oxygen atoms in total. The van der Waals surface area contributed by atoms with Crippen molar-refractivity contribution >= 4 is 21.6 Å². The number of aromatic nitrogens is 1. The fourth-order valence-electron chi connectivity index (χ4n) is 2.23. The highest BCUT2D eigenvalue weighted by Gasteiger charge is 2.15. The Morgan fingerprint density at radius 1 is 1.24 bits per heavy atom. The van der Waals surface area contributed by atoms with Gasteiger partial charge in [-0.3, -0.25) is 4.98 Å². The Balaban J connectivity index is 2.13. The molecule has 2 rings (SSSR count). The molecule has 0 saturated carbocycles. The number of pyridine rings is 1. The van der Waals surface area contributed by atoms with E-state index in [0.717, 1.165) is 11.8 Å². The Labute approximate surface area is 147 Å². The van der Waals surface area contributed by atoms with Gasteiger partial charge in [-0.15, -0.1) is 0 Å². The van der Waals surface area contributed by atoms with E-state index in [2.05, 4.69) is 10.3 Å². The number of hydrogen-bond acceptors (Lipinski definition) is 5. The van der Waals surface area contributed by atoms with Crippen molar-refractivity contribution in [1.29, 1.82) is 0 Å². The number of aliphatic hydroxyl groups is 1. The van der Waals surface area contributed by atoms with Crippen LogP contribution < -0.4 is 5.32 Å². The summed E-state index contributed by atoms with van der Waals surface area (Å²) in [6.45, 7) is 0.709. The number of nitrogens with zero attached hydrogens (tertiary/aromatic N) is 2. The molecule has 0 aliphatic heterocycles. The summed E-state index contributed by atoms with van der Waals surface area (Å²) in [5.41, 5.74) is 1.31. The van der Waals surface area contributed by atoms with Crippen LogP contribution in [0.25, 0.3) is 0 Å². The highest BCUT2D eigenvalue weighted by molar-refractivity contribution is 7.90. The number of benzene rings is 1. The van der Waals surface area contributed by atoms with Gasteiger partial charge in [0.15, 0.2) is 9.84 Å². The van der Waals surface area contributed by atoms with Gasteiger partial charge in [-0.05, 0) is 42.3 Å². The third-order valence-corrected chi connectivity index (χ3v) is 4.62. The molecule has 134 valence electrons. The predicted octanol–water partition coefficient (Wildman–Crippen LogP) is 1.90. The van der Waals surface area contributed by atoms with E-state index in [9.17, 15) is 13.2 Å². The van der Waals surface area contributed by atoms with Crippen molar-refractivity contribution in [3.8, 4) is 0 Å². The summed E-state index contributed by atoms with van der Waals surface area (Å²) in [5, 5.41) is 11.8. The summed E-state index contributed by atoms with van der Waals surface area (Å²) >= 11 is 0. The molecule has 2 aromatic rings.